The highest BCUT2D eigenvalue weighted by Crippen LogP contribution is 2.25. The van der Waals surface area contributed by atoms with E-state index in [1.54, 1.807) is 0 Å². The number of rotatable bonds is 6. The lowest BCUT2D eigenvalue weighted by atomic mass is 10.0. The van der Waals surface area contributed by atoms with Gasteiger partial charge in [0.25, 0.3) is 0 Å². The van der Waals surface area contributed by atoms with Gasteiger partial charge >= 0.3 is 0 Å². The number of hydrogen-bond acceptors (Lipinski definition) is 1. The van der Waals surface area contributed by atoms with Gasteiger partial charge < -0.3 is 5.32 Å². The molecule has 0 radical (unpaired) electrons. The van der Waals surface area contributed by atoms with Gasteiger partial charge in [0.2, 0.25) is 0 Å². The maximum absolute atomic E-state index is 6.26. The fraction of sp³-hybridized carbons (Fsp3) is 0.368. The van der Waals surface area contributed by atoms with Gasteiger partial charge in [-0.2, -0.15) is 0 Å². The topological polar surface area (TPSA) is 12.0 Å². The van der Waals surface area contributed by atoms with Crippen molar-refractivity contribution in [3.8, 4) is 0 Å². The van der Waals surface area contributed by atoms with Crippen LogP contribution in [0.1, 0.15) is 56.0 Å². The molecule has 0 heterocycles. The van der Waals surface area contributed by atoms with E-state index in [1.807, 2.05) is 18.2 Å². The van der Waals surface area contributed by atoms with E-state index in [-0.39, 0.29) is 6.04 Å². The van der Waals surface area contributed by atoms with Crippen molar-refractivity contribution in [2.24, 2.45) is 0 Å². The minimum absolute atomic E-state index is 0.226. The fourth-order valence-electron chi connectivity index (χ4n) is 2.65. The third-order valence-corrected chi connectivity index (χ3v) is 4.23. The zero-order chi connectivity index (χ0) is 15.2. The molecule has 2 heteroatoms. The van der Waals surface area contributed by atoms with E-state index in [9.17, 15) is 0 Å². The van der Waals surface area contributed by atoms with Crippen LogP contribution in [-0.4, -0.2) is 0 Å². The molecule has 0 amide bonds. The SMILES string of the molecule is CCCc1ccc(C(C)N[C@@H](C)c2ccccc2Cl)cc1. The van der Waals surface area contributed by atoms with Gasteiger partial charge in [0, 0.05) is 17.1 Å². The van der Waals surface area contributed by atoms with Crippen LogP contribution < -0.4 is 5.32 Å². The quantitative estimate of drug-likeness (QED) is 0.721. The van der Waals surface area contributed by atoms with E-state index in [0.29, 0.717) is 6.04 Å². The van der Waals surface area contributed by atoms with Crippen molar-refractivity contribution < 1.29 is 0 Å². The first-order chi connectivity index (χ1) is 10.1. The Kier molecular flexibility index (Phi) is 5.84. The van der Waals surface area contributed by atoms with Crippen LogP contribution >= 0.6 is 11.6 Å². The standard InChI is InChI=1S/C19H24ClN/c1-4-7-16-10-12-17(13-11-16)14(2)21-15(3)18-8-5-6-9-19(18)20/h5-6,8-15,21H,4,7H2,1-3H3/t14?,15-/m0/s1. The first-order valence-electron chi connectivity index (χ1n) is 7.71. The van der Waals surface area contributed by atoms with Gasteiger partial charge in [0.15, 0.2) is 0 Å². The van der Waals surface area contributed by atoms with Gasteiger partial charge in [0.05, 0.1) is 0 Å². The zero-order valence-electron chi connectivity index (χ0n) is 13.1. The Morgan fingerprint density at radius 3 is 2.24 bits per heavy atom. The Hall–Kier alpha value is -1.31. The Bertz CT molecular complexity index is 562. The summed E-state index contributed by atoms with van der Waals surface area (Å²) in [5, 5.41) is 4.44. The average Bonchev–Trinajstić information content (AvgIpc) is 2.48. The van der Waals surface area contributed by atoms with Crippen LogP contribution in [0.3, 0.4) is 0 Å². The molecular weight excluding hydrogens is 278 g/mol. The van der Waals surface area contributed by atoms with Crippen LogP contribution in [0.5, 0.6) is 0 Å². The smallest absolute Gasteiger partial charge is 0.0453 e. The number of benzene rings is 2. The average molecular weight is 302 g/mol. The van der Waals surface area contributed by atoms with Crippen LogP contribution in [0.15, 0.2) is 48.5 Å². The number of aryl methyl sites for hydroxylation is 1. The van der Waals surface area contributed by atoms with Crippen molar-refractivity contribution in [1.29, 1.82) is 0 Å². The Labute approximate surface area is 133 Å². The molecule has 1 unspecified atom stereocenters. The van der Waals surface area contributed by atoms with Gasteiger partial charge in [-0.25, -0.2) is 0 Å². The third-order valence-electron chi connectivity index (χ3n) is 3.89. The summed E-state index contributed by atoms with van der Waals surface area (Å²) < 4.78 is 0. The largest absolute Gasteiger partial charge is 0.304 e. The fourth-order valence-corrected chi connectivity index (χ4v) is 2.95. The highest BCUT2D eigenvalue weighted by molar-refractivity contribution is 6.31. The lowest BCUT2D eigenvalue weighted by Crippen LogP contribution is -2.22. The molecule has 1 nitrogen and oxygen atoms in total. The van der Waals surface area contributed by atoms with Gasteiger partial charge in [-0.05, 0) is 43.0 Å². The number of hydrogen-bond donors (Lipinski definition) is 1. The van der Waals surface area contributed by atoms with Crippen molar-refractivity contribution in [1.82, 2.24) is 5.32 Å². The molecule has 0 saturated heterocycles. The van der Waals surface area contributed by atoms with E-state index in [4.69, 9.17) is 11.6 Å². The second-order valence-corrected chi connectivity index (χ2v) is 6.03. The molecule has 112 valence electrons. The van der Waals surface area contributed by atoms with E-state index >= 15 is 0 Å². The summed E-state index contributed by atoms with van der Waals surface area (Å²) in [6, 6.07) is 17.5. The monoisotopic (exact) mass is 301 g/mol. The summed E-state index contributed by atoms with van der Waals surface area (Å²) in [5.41, 5.74) is 3.87. The van der Waals surface area contributed by atoms with E-state index in [2.05, 4.69) is 56.4 Å². The molecule has 2 aromatic rings. The molecule has 2 rings (SSSR count). The summed E-state index contributed by atoms with van der Waals surface area (Å²) in [6.45, 7) is 6.56. The van der Waals surface area contributed by atoms with E-state index in [0.717, 1.165) is 17.0 Å². The Morgan fingerprint density at radius 2 is 1.62 bits per heavy atom. The van der Waals surface area contributed by atoms with Crippen molar-refractivity contribution in [3.05, 3.63) is 70.2 Å². The lowest BCUT2D eigenvalue weighted by Gasteiger charge is -2.21. The summed E-state index contributed by atoms with van der Waals surface area (Å²) in [6.07, 6.45) is 2.34. The summed E-state index contributed by atoms with van der Waals surface area (Å²) in [7, 11) is 0. The van der Waals surface area contributed by atoms with Crippen LogP contribution in [0, 0.1) is 0 Å². The molecule has 0 aliphatic rings. The van der Waals surface area contributed by atoms with Crippen molar-refractivity contribution in [3.63, 3.8) is 0 Å². The van der Waals surface area contributed by atoms with Crippen LogP contribution in [0.25, 0.3) is 0 Å². The predicted octanol–water partition coefficient (Wildman–Crippen LogP) is 5.70. The highest BCUT2D eigenvalue weighted by Gasteiger charge is 2.13. The van der Waals surface area contributed by atoms with Crippen molar-refractivity contribution in [2.45, 2.75) is 45.7 Å². The van der Waals surface area contributed by atoms with Gasteiger partial charge in [0.1, 0.15) is 0 Å². The minimum Gasteiger partial charge on any atom is -0.304 e. The molecule has 0 aromatic heterocycles. The van der Waals surface area contributed by atoms with Gasteiger partial charge in [-0.15, -0.1) is 0 Å². The number of nitrogens with one attached hydrogen (secondary N) is 1. The maximum Gasteiger partial charge on any atom is 0.0453 e. The second kappa shape index (κ2) is 7.63. The maximum atomic E-state index is 6.26. The number of halogens is 1. The molecule has 0 fully saturated rings. The molecule has 1 N–H and O–H groups in total. The first kappa shape index (κ1) is 16.1. The molecule has 2 aromatic carbocycles. The summed E-state index contributed by atoms with van der Waals surface area (Å²) >= 11 is 6.26. The van der Waals surface area contributed by atoms with Crippen LogP contribution in [0.4, 0.5) is 0 Å². The molecule has 0 saturated carbocycles. The molecule has 2 atom stereocenters. The minimum atomic E-state index is 0.226. The Morgan fingerprint density at radius 1 is 0.952 bits per heavy atom. The molecular formula is C19H24ClN. The van der Waals surface area contributed by atoms with Gasteiger partial charge in [-0.3, -0.25) is 0 Å². The molecule has 0 bridgehead atoms. The zero-order valence-corrected chi connectivity index (χ0v) is 13.8. The van der Waals surface area contributed by atoms with Crippen molar-refractivity contribution in [2.75, 3.05) is 0 Å². The second-order valence-electron chi connectivity index (χ2n) is 5.62. The molecule has 0 aliphatic heterocycles. The normalized spacial score (nSPS) is 13.9. The van der Waals surface area contributed by atoms with Crippen LogP contribution in [-0.2, 0) is 6.42 Å². The van der Waals surface area contributed by atoms with E-state index in [1.165, 1.54) is 17.5 Å². The van der Waals surface area contributed by atoms with E-state index < -0.39 is 0 Å². The van der Waals surface area contributed by atoms with Crippen LogP contribution in [0.2, 0.25) is 5.02 Å². The highest BCUT2D eigenvalue weighted by atomic mass is 35.5. The summed E-state index contributed by atoms with van der Waals surface area (Å²) in [4.78, 5) is 0. The third kappa shape index (κ3) is 4.33. The molecule has 0 spiro atoms. The summed E-state index contributed by atoms with van der Waals surface area (Å²) in [5.74, 6) is 0. The van der Waals surface area contributed by atoms with Crippen molar-refractivity contribution >= 4 is 11.6 Å². The molecule has 0 aliphatic carbocycles. The van der Waals surface area contributed by atoms with Gasteiger partial charge in [-0.1, -0.05) is 67.4 Å². The Balaban J connectivity index is 2.03. The molecule has 21 heavy (non-hydrogen) atoms. The lowest BCUT2D eigenvalue weighted by molar-refractivity contribution is 0.495. The predicted molar refractivity (Wildman–Crippen MR) is 91.9 cm³/mol. The first-order valence-corrected chi connectivity index (χ1v) is 8.09.